The van der Waals surface area contributed by atoms with Crippen molar-refractivity contribution in [1.29, 1.82) is 0 Å². The number of carboxylic acids is 1. The normalized spacial score (nSPS) is 32.5. The average molecular weight is 284 g/mol. The summed E-state index contributed by atoms with van der Waals surface area (Å²) >= 11 is 0. The Bertz CT molecular complexity index is 329. The van der Waals surface area contributed by atoms with E-state index in [9.17, 15) is 9.90 Å². The highest BCUT2D eigenvalue weighted by atomic mass is 16.5. The molecule has 0 radical (unpaired) electrons. The van der Waals surface area contributed by atoms with E-state index < -0.39 is 11.5 Å². The van der Waals surface area contributed by atoms with Crippen molar-refractivity contribution in [2.24, 2.45) is 0 Å². The van der Waals surface area contributed by atoms with Crippen molar-refractivity contribution in [2.75, 3.05) is 26.2 Å². The molecule has 2 atom stereocenters. The van der Waals surface area contributed by atoms with E-state index in [0.29, 0.717) is 25.4 Å². The number of aliphatic carboxylic acids is 1. The van der Waals surface area contributed by atoms with Gasteiger partial charge in [0.25, 0.3) is 0 Å². The fourth-order valence-electron chi connectivity index (χ4n) is 3.25. The molecule has 0 aromatic rings. The molecule has 5 heteroatoms. The number of nitrogens with zero attached hydrogens (tertiary/aromatic N) is 1. The summed E-state index contributed by atoms with van der Waals surface area (Å²) in [7, 11) is 0. The van der Waals surface area contributed by atoms with Gasteiger partial charge in [-0.15, -0.1) is 0 Å². The zero-order chi connectivity index (χ0) is 14.6. The molecule has 20 heavy (non-hydrogen) atoms. The minimum absolute atomic E-state index is 0.190. The van der Waals surface area contributed by atoms with Crippen LogP contribution in [0.15, 0.2) is 0 Å². The quantitative estimate of drug-likeness (QED) is 0.800. The molecule has 2 aliphatic rings. The smallest absolute Gasteiger partial charge is 0.323 e. The lowest BCUT2D eigenvalue weighted by atomic mass is 9.90. The average Bonchev–Trinajstić information content (AvgIpc) is 2.81. The second-order valence-corrected chi connectivity index (χ2v) is 6.39. The number of ether oxygens (including phenoxy) is 1. The molecule has 2 unspecified atom stereocenters. The summed E-state index contributed by atoms with van der Waals surface area (Å²) in [4.78, 5) is 14.2. The summed E-state index contributed by atoms with van der Waals surface area (Å²) in [5, 5.41) is 13.0. The topological polar surface area (TPSA) is 61.8 Å². The summed E-state index contributed by atoms with van der Waals surface area (Å²) in [6.45, 7) is 7.67. The largest absolute Gasteiger partial charge is 0.480 e. The Morgan fingerprint density at radius 1 is 1.40 bits per heavy atom. The van der Waals surface area contributed by atoms with Crippen LogP contribution in [0.1, 0.15) is 46.0 Å². The number of nitrogens with one attached hydrogen (secondary N) is 1. The van der Waals surface area contributed by atoms with Crippen molar-refractivity contribution >= 4 is 5.97 Å². The van der Waals surface area contributed by atoms with E-state index in [4.69, 9.17) is 4.74 Å². The molecule has 116 valence electrons. The highest BCUT2D eigenvalue weighted by Crippen LogP contribution is 2.25. The minimum atomic E-state index is -0.768. The third-order valence-electron chi connectivity index (χ3n) is 4.71. The third kappa shape index (κ3) is 3.71. The fourth-order valence-corrected chi connectivity index (χ4v) is 3.25. The SMILES string of the molecule is CC(C)N1CCCC(NCC2CCCO2)(C(=O)O)CC1. The predicted molar refractivity (Wildman–Crippen MR) is 77.9 cm³/mol. The molecule has 2 heterocycles. The van der Waals surface area contributed by atoms with Gasteiger partial charge in [0.1, 0.15) is 5.54 Å². The van der Waals surface area contributed by atoms with Crippen molar-refractivity contribution < 1.29 is 14.6 Å². The van der Waals surface area contributed by atoms with Crippen LogP contribution in [0.5, 0.6) is 0 Å². The number of likely N-dealkylation sites (tertiary alicyclic amines) is 1. The first-order valence-electron chi connectivity index (χ1n) is 7.87. The van der Waals surface area contributed by atoms with E-state index >= 15 is 0 Å². The fraction of sp³-hybridized carbons (Fsp3) is 0.933. The van der Waals surface area contributed by atoms with Gasteiger partial charge in [-0.2, -0.15) is 0 Å². The second kappa shape index (κ2) is 6.87. The van der Waals surface area contributed by atoms with Crippen LogP contribution in [0.2, 0.25) is 0 Å². The molecule has 0 spiro atoms. The maximum absolute atomic E-state index is 11.8. The van der Waals surface area contributed by atoms with Gasteiger partial charge in [-0.05, 0) is 52.5 Å². The molecule has 0 amide bonds. The Hall–Kier alpha value is -0.650. The van der Waals surface area contributed by atoms with Gasteiger partial charge in [0, 0.05) is 25.7 Å². The van der Waals surface area contributed by atoms with Crippen LogP contribution in [0.4, 0.5) is 0 Å². The number of carboxylic acid groups (broad SMARTS) is 1. The van der Waals surface area contributed by atoms with E-state index in [1.54, 1.807) is 0 Å². The van der Waals surface area contributed by atoms with Crippen LogP contribution in [-0.2, 0) is 9.53 Å². The second-order valence-electron chi connectivity index (χ2n) is 6.39. The van der Waals surface area contributed by atoms with Crippen molar-refractivity contribution in [2.45, 2.75) is 63.6 Å². The Balaban J connectivity index is 1.95. The van der Waals surface area contributed by atoms with E-state index in [0.717, 1.165) is 39.0 Å². The van der Waals surface area contributed by atoms with Crippen LogP contribution in [-0.4, -0.2) is 59.9 Å². The lowest BCUT2D eigenvalue weighted by molar-refractivity contribution is -0.145. The lowest BCUT2D eigenvalue weighted by Crippen LogP contribution is -2.54. The molecule has 2 rings (SSSR count). The number of hydrogen-bond donors (Lipinski definition) is 2. The van der Waals surface area contributed by atoms with Gasteiger partial charge in [-0.25, -0.2) is 0 Å². The molecule has 2 N–H and O–H groups in total. The molecule has 0 aromatic carbocycles. The Morgan fingerprint density at radius 3 is 2.80 bits per heavy atom. The zero-order valence-electron chi connectivity index (χ0n) is 12.7. The first-order valence-corrected chi connectivity index (χ1v) is 7.87. The molecule has 0 aliphatic carbocycles. The standard InChI is InChI=1S/C15H28N2O3/c1-12(2)17-8-4-6-15(7-9-17,14(18)19)16-11-13-5-3-10-20-13/h12-13,16H,3-11H2,1-2H3,(H,18,19). The van der Waals surface area contributed by atoms with Crippen molar-refractivity contribution in [3.05, 3.63) is 0 Å². The Labute approximate surface area is 121 Å². The monoisotopic (exact) mass is 284 g/mol. The van der Waals surface area contributed by atoms with Gasteiger partial charge in [-0.3, -0.25) is 10.1 Å². The van der Waals surface area contributed by atoms with Crippen LogP contribution in [0.25, 0.3) is 0 Å². The van der Waals surface area contributed by atoms with Crippen LogP contribution < -0.4 is 5.32 Å². The Kier molecular flexibility index (Phi) is 5.41. The third-order valence-corrected chi connectivity index (χ3v) is 4.71. The number of rotatable bonds is 5. The van der Waals surface area contributed by atoms with Gasteiger partial charge < -0.3 is 14.7 Å². The Morgan fingerprint density at radius 2 is 2.20 bits per heavy atom. The molecule has 2 saturated heterocycles. The maximum Gasteiger partial charge on any atom is 0.323 e. The van der Waals surface area contributed by atoms with E-state index in [1.165, 1.54) is 0 Å². The van der Waals surface area contributed by atoms with E-state index in [1.807, 2.05) is 0 Å². The molecule has 2 fully saturated rings. The van der Waals surface area contributed by atoms with Gasteiger partial charge >= 0.3 is 5.97 Å². The summed E-state index contributed by atoms with van der Waals surface area (Å²) in [5.41, 5.74) is -0.768. The van der Waals surface area contributed by atoms with Crippen molar-refractivity contribution in [3.63, 3.8) is 0 Å². The maximum atomic E-state index is 11.8. The highest BCUT2D eigenvalue weighted by molar-refractivity contribution is 5.78. The molecule has 2 aliphatic heterocycles. The lowest BCUT2D eigenvalue weighted by Gasteiger charge is -2.31. The van der Waals surface area contributed by atoms with E-state index in [2.05, 4.69) is 24.1 Å². The predicted octanol–water partition coefficient (Wildman–Crippen LogP) is 1.47. The highest BCUT2D eigenvalue weighted by Gasteiger charge is 2.40. The molecule has 5 nitrogen and oxygen atoms in total. The number of carbonyl (C=O) groups is 1. The molecular weight excluding hydrogens is 256 g/mol. The zero-order valence-corrected chi connectivity index (χ0v) is 12.7. The molecule has 0 saturated carbocycles. The van der Waals surface area contributed by atoms with Crippen molar-refractivity contribution in [3.8, 4) is 0 Å². The van der Waals surface area contributed by atoms with Crippen LogP contribution in [0.3, 0.4) is 0 Å². The van der Waals surface area contributed by atoms with Gasteiger partial charge in [0.2, 0.25) is 0 Å². The summed E-state index contributed by atoms with van der Waals surface area (Å²) in [6, 6.07) is 0.484. The minimum Gasteiger partial charge on any atom is -0.480 e. The summed E-state index contributed by atoms with van der Waals surface area (Å²) in [6.07, 6.45) is 4.64. The van der Waals surface area contributed by atoms with Gasteiger partial charge in [0.05, 0.1) is 6.10 Å². The van der Waals surface area contributed by atoms with E-state index in [-0.39, 0.29) is 6.10 Å². The van der Waals surface area contributed by atoms with Crippen molar-refractivity contribution in [1.82, 2.24) is 10.2 Å². The summed E-state index contributed by atoms with van der Waals surface area (Å²) in [5.74, 6) is -0.707. The first-order chi connectivity index (χ1) is 9.53. The molecule has 0 aromatic heterocycles. The van der Waals surface area contributed by atoms with Gasteiger partial charge in [-0.1, -0.05) is 0 Å². The van der Waals surface area contributed by atoms with Gasteiger partial charge in [0.15, 0.2) is 0 Å². The summed E-state index contributed by atoms with van der Waals surface area (Å²) < 4.78 is 5.59. The van der Waals surface area contributed by atoms with Crippen LogP contribution >= 0.6 is 0 Å². The van der Waals surface area contributed by atoms with Crippen LogP contribution in [0, 0.1) is 0 Å². The molecular formula is C15H28N2O3. The first kappa shape index (κ1) is 15.7. The molecule has 0 bridgehead atoms. The number of hydrogen-bond acceptors (Lipinski definition) is 4.